The molecule has 0 aromatic heterocycles. The molecule has 0 spiro atoms. The van der Waals surface area contributed by atoms with Gasteiger partial charge in [0.25, 0.3) is 0 Å². The lowest BCUT2D eigenvalue weighted by Gasteiger charge is -2.13. The third-order valence-electron chi connectivity index (χ3n) is 5.99. The fourth-order valence-corrected chi connectivity index (χ4v) is 3.83. The Morgan fingerprint density at radius 3 is 1.73 bits per heavy atom. The summed E-state index contributed by atoms with van der Waals surface area (Å²) in [5.74, 6) is 0.941. The molecule has 7 nitrogen and oxygen atoms in total. The number of allylic oxidation sites excluding steroid dienone is 3. The second-order valence-corrected chi connectivity index (χ2v) is 10.0. The summed E-state index contributed by atoms with van der Waals surface area (Å²) in [4.78, 5) is 0. The lowest BCUT2D eigenvalue weighted by molar-refractivity contribution is 0.360. The molecule has 0 heterocycles. The van der Waals surface area contributed by atoms with Crippen LogP contribution >= 0.6 is 0 Å². The van der Waals surface area contributed by atoms with Crippen molar-refractivity contribution in [2.75, 3.05) is 59.0 Å². The predicted molar refractivity (Wildman–Crippen MR) is 160 cm³/mol. The summed E-state index contributed by atoms with van der Waals surface area (Å²) in [6, 6.07) is 6.62. The molecule has 0 atom stereocenters. The van der Waals surface area contributed by atoms with Gasteiger partial charge in [-0.1, -0.05) is 23.3 Å². The molecule has 212 valence electrons. The Kier molecular flexibility index (Phi) is 21.0. The minimum absolute atomic E-state index is 0.605. The summed E-state index contributed by atoms with van der Waals surface area (Å²) in [5.41, 5.74) is 16.4. The van der Waals surface area contributed by atoms with E-state index < -0.39 is 0 Å². The fraction of sp³-hybridized carbons (Fsp3) is 0.667. The van der Waals surface area contributed by atoms with E-state index in [1.807, 2.05) is 0 Å². The van der Waals surface area contributed by atoms with Gasteiger partial charge in [0.1, 0.15) is 12.4 Å². The van der Waals surface area contributed by atoms with Gasteiger partial charge in [-0.3, -0.25) is 0 Å². The predicted octanol–water partition coefficient (Wildman–Crippen LogP) is 3.59. The molecular formula is C30H56N6O. The van der Waals surface area contributed by atoms with Gasteiger partial charge in [0.15, 0.2) is 0 Å². The molecule has 7 heteroatoms. The number of rotatable bonds is 24. The van der Waals surface area contributed by atoms with E-state index in [0.29, 0.717) is 6.61 Å². The van der Waals surface area contributed by atoms with Crippen molar-refractivity contribution >= 4 is 0 Å². The summed E-state index contributed by atoms with van der Waals surface area (Å²) in [6.45, 7) is 16.3. The SMILES string of the molecule is CC(C)=CCC/C(C)=C/COc1cc(CNCCCNCCCN)cc(CNCCCNCCCN)c1. The van der Waals surface area contributed by atoms with Gasteiger partial charge in [-0.25, -0.2) is 0 Å². The number of nitrogens with two attached hydrogens (primary N) is 2. The second kappa shape index (κ2) is 23.4. The van der Waals surface area contributed by atoms with Crippen LogP contribution in [-0.2, 0) is 13.1 Å². The van der Waals surface area contributed by atoms with Crippen LogP contribution in [0.1, 0.15) is 70.4 Å². The zero-order valence-corrected chi connectivity index (χ0v) is 24.0. The Balaban J connectivity index is 2.55. The molecular weight excluding hydrogens is 460 g/mol. The van der Waals surface area contributed by atoms with Crippen molar-refractivity contribution in [3.8, 4) is 5.75 Å². The van der Waals surface area contributed by atoms with E-state index in [2.05, 4.69) is 72.4 Å². The Labute approximate surface area is 227 Å². The topological polar surface area (TPSA) is 109 Å². The smallest absolute Gasteiger partial charge is 0.120 e. The maximum Gasteiger partial charge on any atom is 0.120 e. The molecule has 0 saturated carbocycles. The number of hydrogen-bond donors (Lipinski definition) is 6. The van der Waals surface area contributed by atoms with Crippen LogP contribution in [0.25, 0.3) is 0 Å². The lowest BCUT2D eigenvalue weighted by atomic mass is 10.1. The maximum atomic E-state index is 6.16. The van der Waals surface area contributed by atoms with Crippen molar-refractivity contribution in [2.24, 2.45) is 11.5 Å². The van der Waals surface area contributed by atoms with Crippen molar-refractivity contribution in [1.29, 1.82) is 0 Å². The molecule has 1 rings (SSSR count). The Morgan fingerprint density at radius 1 is 0.703 bits per heavy atom. The molecule has 0 amide bonds. The van der Waals surface area contributed by atoms with E-state index in [0.717, 1.165) is 110 Å². The van der Waals surface area contributed by atoms with Gasteiger partial charge in [0.05, 0.1) is 0 Å². The summed E-state index contributed by atoms with van der Waals surface area (Å²) in [7, 11) is 0. The minimum atomic E-state index is 0.605. The second-order valence-electron chi connectivity index (χ2n) is 10.0. The summed E-state index contributed by atoms with van der Waals surface area (Å²) < 4.78 is 6.16. The van der Waals surface area contributed by atoms with E-state index in [9.17, 15) is 0 Å². The fourth-order valence-electron chi connectivity index (χ4n) is 3.83. The van der Waals surface area contributed by atoms with Crippen molar-refractivity contribution in [1.82, 2.24) is 21.3 Å². The number of nitrogens with one attached hydrogen (secondary N) is 4. The molecule has 0 aliphatic carbocycles. The van der Waals surface area contributed by atoms with Gasteiger partial charge in [-0.05, 0) is 141 Å². The van der Waals surface area contributed by atoms with Crippen LogP contribution in [-0.4, -0.2) is 59.0 Å². The van der Waals surface area contributed by atoms with Crippen LogP contribution in [0, 0.1) is 0 Å². The van der Waals surface area contributed by atoms with Crippen molar-refractivity contribution in [2.45, 2.75) is 72.4 Å². The molecule has 0 fully saturated rings. The third kappa shape index (κ3) is 20.0. The molecule has 37 heavy (non-hydrogen) atoms. The standard InChI is InChI=1S/C30H56N6O/c1-26(2)9-4-10-27(3)11-20-37-30-22-28(24-35-18-7-16-33-14-5-12-31)21-29(23-30)25-36-19-8-17-34-15-6-13-32/h9,11,21-23,33-36H,4-8,10,12-20,24-25,31-32H2,1-3H3/b27-11+. The lowest BCUT2D eigenvalue weighted by Crippen LogP contribution is -2.24. The van der Waals surface area contributed by atoms with Gasteiger partial charge in [0, 0.05) is 13.1 Å². The van der Waals surface area contributed by atoms with Gasteiger partial charge < -0.3 is 37.5 Å². The Hall–Kier alpha value is -1.74. The first-order valence-electron chi connectivity index (χ1n) is 14.3. The average Bonchev–Trinajstić information content (AvgIpc) is 2.87. The molecule has 0 saturated heterocycles. The molecule has 1 aromatic carbocycles. The summed E-state index contributed by atoms with van der Waals surface area (Å²) >= 11 is 0. The highest BCUT2D eigenvalue weighted by atomic mass is 16.5. The first kappa shape index (κ1) is 33.3. The maximum absolute atomic E-state index is 6.16. The zero-order valence-electron chi connectivity index (χ0n) is 24.0. The third-order valence-corrected chi connectivity index (χ3v) is 5.99. The van der Waals surface area contributed by atoms with E-state index in [4.69, 9.17) is 16.2 Å². The van der Waals surface area contributed by atoms with E-state index >= 15 is 0 Å². The highest BCUT2D eigenvalue weighted by Gasteiger charge is 2.03. The molecule has 0 radical (unpaired) electrons. The molecule has 1 aromatic rings. The molecule has 8 N–H and O–H groups in total. The van der Waals surface area contributed by atoms with Crippen LogP contribution in [0.4, 0.5) is 0 Å². The average molecular weight is 517 g/mol. The summed E-state index contributed by atoms with van der Waals surface area (Å²) in [5, 5.41) is 14.0. The van der Waals surface area contributed by atoms with Crippen LogP contribution in [0.3, 0.4) is 0 Å². The Bertz CT molecular complexity index is 707. The molecule has 0 aliphatic heterocycles. The number of benzene rings is 1. The number of ether oxygens (including phenoxy) is 1. The van der Waals surface area contributed by atoms with Crippen LogP contribution in [0.15, 0.2) is 41.5 Å². The highest BCUT2D eigenvalue weighted by Crippen LogP contribution is 2.18. The largest absolute Gasteiger partial charge is 0.490 e. The number of hydrogen-bond acceptors (Lipinski definition) is 7. The summed E-state index contributed by atoms with van der Waals surface area (Å²) in [6.07, 6.45) is 10.9. The van der Waals surface area contributed by atoms with Gasteiger partial charge in [0.2, 0.25) is 0 Å². The first-order chi connectivity index (χ1) is 18.0. The van der Waals surface area contributed by atoms with Crippen molar-refractivity contribution in [3.05, 3.63) is 52.6 Å². The minimum Gasteiger partial charge on any atom is -0.490 e. The van der Waals surface area contributed by atoms with E-state index in [1.54, 1.807) is 0 Å². The van der Waals surface area contributed by atoms with E-state index in [-0.39, 0.29) is 0 Å². The normalized spacial score (nSPS) is 11.6. The van der Waals surface area contributed by atoms with E-state index in [1.165, 1.54) is 22.3 Å². The van der Waals surface area contributed by atoms with Gasteiger partial charge in [-0.15, -0.1) is 0 Å². The highest BCUT2D eigenvalue weighted by molar-refractivity contribution is 5.34. The zero-order chi connectivity index (χ0) is 27.0. The molecule has 0 unspecified atom stereocenters. The van der Waals surface area contributed by atoms with Crippen LogP contribution in [0.2, 0.25) is 0 Å². The quantitative estimate of drug-likeness (QED) is 0.0920. The van der Waals surface area contributed by atoms with Crippen LogP contribution in [0.5, 0.6) is 5.75 Å². The van der Waals surface area contributed by atoms with Crippen molar-refractivity contribution < 1.29 is 4.74 Å². The molecule has 0 bridgehead atoms. The van der Waals surface area contributed by atoms with Gasteiger partial charge in [-0.2, -0.15) is 0 Å². The van der Waals surface area contributed by atoms with Crippen LogP contribution < -0.4 is 37.5 Å². The first-order valence-corrected chi connectivity index (χ1v) is 14.3. The van der Waals surface area contributed by atoms with Crippen molar-refractivity contribution in [3.63, 3.8) is 0 Å². The Morgan fingerprint density at radius 2 is 1.22 bits per heavy atom. The monoisotopic (exact) mass is 516 g/mol. The van der Waals surface area contributed by atoms with Gasteiger partial charge >= 0.3 is 0 Å². The molecule has 0 aliphatic rings.